The Morgan fingerprint density at radius 2 is 1.19 bits per heavy atom. The third kappa shape index (κ3) is 16.1. The molecule has 0 aliphatic heterocycles. The van der Waals surface area contributed by atoms with E-state index in [4.69, 9.17) is 5.73 Å². The highest BCUT2D eigenvalue weighted by Gasteiger charge is 2.04. The van der Waals surface area contributed by atoms with Gasteiger partial charge in [0.15, 0.2) is 0 Å². The minimum atomic E-state index is 0.800. The highest BCUT2D eigenvalue weighted by molar-refractivity contribution is 4.61. The lowest BCUT2D eigenvalue weighted by Gasteiger charge is -2.22. The third-order valence-electron chi connectivity index (χ3n) is 4.04. The maximum Gasteiger partial charge on any atom is -0.000664 e. The van der Waals surface area contributed by atoms with Crippen molar-refractivity contribution >= 4 is 0 Å². The summed E-state index contributed by atoms with van der Waals surface area (Å²) < 4.78 is 0. The molecule has 0 fully saturated rings. The van der Waals surface area contributed by atoms with E-state index in [9.17, 15) is 0 Å². The lowest BCUT2D eigenvalue weighted by molar-refractivity contribution is 0.256. The molecule has 0 aromatic heterocycles. The summed E-state index contributed by atoms with van der Waals surface area (Å²) in [5, 5.41) is 3.49. The zero-order chi connectivity index (χ0) is 15.6. The number of nitrogens with one attached hydrogen (secondary N) is 1. The summed E-state index contributed by atoms with van der Waals surface area (Å²) in [5.74, 6) is 0. The van der Waals surface area contributed by atoms with Crippen LogP contribution in [0.2, 0.25) is 0 Å². The van der Waals surface area contributed by atoms with Gasteiger partial charge in [0.1, 0.15) is 0 Å². The predicted octanol–water partition coefficient (Wildman–Crippen LogP) is 3.78. The van der Waals surface area contributed by atoms with Crippen molar-refractivity contribution in [1.29, 1.82) is 0 Å². The highest BCUT2D eigenvalue weighted by atomic mass is 15.1. The van der Waals surface area contributed by atoms with Crippen molar-refractivity contribution in [3.63, 3.8) is 0 Å². The average molecular weight is 300 g/mol. The highest BCUT2D eigenvalue weighted by Crippen LogP contribution is 2.05. The first-order valence-corrected chi connectivity index (χ1v) is 9.48. The smallest absolute Gasteiger partial charge is 0.000664 e. The van der Waals surface area contributed by atoms with Crippen LogP contribution >= 0.6 is 0 Å². The van der Waals surface area contributed by atoms with Crippen LogP contribution in [0.5, 0.6) is 0 Å². The third-order valence-corrected chi connectivity index (χ3v) is 4.04. The van der Waals surface area contributed by atoms with Gasteiger partial charge in [0.2, 0.25) is 0 Å². The Balaban J connectivity index is 3.67. The van der Waals surface area contributed by atoms with Crippen molar-refractivity contribution in [2.24, 2.45) is 5.73 Å². The monoisotopic (exact) mass is 299 g/mol. The fraction of sp³-hybridized carbons (Fsp3) is 1.00. The first-order chi connectivity index (χ1) is 10.3. The second-order valence-corrected chi connectivity index (χ2v) is 6.21. The largest absolute Gasteiger partial charge is 0.330 e. The molecule has 0 saturated heterocycles. The summed E-state index contributed by atoms with van der Waals surface area (Å²) in [6.45, 7) is 11.4. The fourth-order valence-electron chi connectivity index (χ4n) is 2.64. The molecule has 0 rings (SSSR count). The van der Waals surface area contributed by atoms with E-state index in [0.717, 1.165) is 26.1 Å². The Morgan fingerprint density at radius 3 is 1.71 bits per heavy atom. The van der Waals surface area contributed by atoms with Gasteiger partial charge in [-0.1, -0.05) is 52.4 Å². The molecule has 3 N–H and O–H groups in total. The van der Waals surface area contributed by atoms with Crippen LogP contribution in [0.25, 0.3) is 0 Å². The summed E-state index contributed by atoms with van der Waals surface area (Å²) >= 11 is 0. The molecular formula is C18H41N3. The Bertz CT molecular complexity index is 173. The van der Waals surface area contributed by atoms with Gasteiger partial charge in [0.25, 0.3) is 0 Å². The molecule has 0 atom stereocenters. The molecule has 128 valence electrons. The van der Waals surface area contributed by atoms with E-state index in [1.54, 1.807) is 0 Å². The van der Waals surface area contributed by atoms with E-state index < -0.39 is 0 Å². The van der Waals surface area contributed by atoms with Crippen LogP contribution in [0.15, 0.2) is 0 Å². The Labute approximate surface area is 134 Å². The fourth-order valence-corrected chi connectivity index (χ4v) is 2.64. The molecule has 0 aliphatic carbocycles. The van der Waals surface area contributed by atoms with E-state index >= 15 is 0 Å². The van der Waals surface area contributed by atoms with E-state index in [1.165, 1.54) is 77.4 Å². The Morgan fingerprint density at radius 1 is 0.667 bits per heavy atom. The van der Waals surface area contributed by atoms with Crippen LogP contribution in [-0.2, 0) is 0 Å². The Kier molecular flexibility index (Phi) is 17.8. The van der Waals surface area contributed by atoms with Gasteiger partial charge in [-0.3, -0.25) is 0 Å². The van der Waals surface area contributed by atoms with Crippen molar-refractivity contribution in [3.05, 3.63) is 0 Å². The van der Waals surface area contributed by atoms with E-state index in [0.29, 0.717) is 0 Å². The first kappa shape index (κ1) is 20.9. The van der Waals surface area contributed by atoms with Gasteiger partial charge in [-0.15, -0.1) is 0 Å². The molecule has 0 aromatic rings. The van der Waals surface area contributed by atoms with E-state index in [-0.39, 0.29) is 0 Å². The topological polar surface area (TPSA) is 41.3 Å². The molecule has 0 amide bonds. The molecule has 0 heterocycles. The van der Waals surface area contributed by atoms with Gasteiger partial charge < -0.3 is 16.0 Å². The zero-order valence-corrected chi connectivity index (χ0v) is 14.8. The number of unbranched alkanes of at least 4 members (excludes halogenated alkanes) is 6. The minimum absolute atomic E-state index is 0.800. The molecule has 21 heavy (non-hydrogen) atoms. The number of hydrogen-bond donors (Lipinski definition) is 2. The normalized spacial score (nSPS) is 11.4. The molecule has 0 unspecified atom stereocenters. The van der Waals surface area contributed by atoms with Gasteiger partial charge in [-0.25, -0.2) is 0 Å². The second-order valence-electron chi connectivity index (χ2n) is 6.21. The molecule has 0 spiro atoms. The van der Waals surface area contributed by atoms with Crippen LogP contribution in [-0.4, -0.2) is 44.2 Å². The van der Waals surface area contributed by atoms with Gasteiger partial charge in [0, 0.05) is 0 Å². The molecule has 3 heteroatoms. The van der Waals surface area contributed by atoms with Crippen LogP contribution in [0.1, 0.15) is 78.1 Å². The quantitative estimate of drug-likeness (QED) is 0.402. The van der Waals surface area contributed by atoms with E-state index in [1.807, 2.05) is 0 Å². The van der Waals surface area contributed by atoms with Crippen molar-refractivity contribution in [1.82, 2.24) is 10.2 Å². The second kappa shape index (κ2) is 17.9. The summed E-state index contributed by atoms with van der Waals surface area (Å²) in [6, 6.07) is 0. The lowest BCUT2D eigenvalue weighted by Crippen LogP contribution is -2.30. The summed E-state index contributed by atoms with van der Waals surface area (Å²) in [6.07, 6.45) is 13.4. The maximum absolute atomic E-state index is 5.50. The molecular weight excluding hydrogens is 258 g/mol. The lowest BCUT2D eigenvalue weighted by atomic mass is 10.1. The van der Waals surface area contributed by atoms with Crippen molar-refractivity contribution < 1.29 is 0 Å². The van der Waals surface area contributed by atoms with Crippen LogP contribution < -0.4 is 11.1 Å². The van der Waals surface area contributed by atoms with Gasteiger partial charge in [-0.05, 0) is 65.0 Å². The van der Waals surface area contributed by atoms with Gasteiger partial charge in [-0.2, -0.15) is 0 Å². The van der Waals surface area contributed by atoms with Gasteiger partial charge in [0.05, 0.1) is 0 Å². The SMILES string of the molecule is CCCCCCN(CCCCCC)CCCNCCCN. The standard InChI is InChI=1S/C18H41N3/c1-3-5-7-9-16-21(17-10-8-6-4-2)18-12-15-20-14-11-13-19/h20H,3-19H2,1-2H3. The van der Waals surface area contributed by atoms with Crippen molar-refractivity contribution in [2.45, 2.75) is 78.1 Å². The zero-order valence-electron chi connectivity index (χ0n) is 14.8. The molecule has 0 bridgehead atoms. The van der Waals surface area contributed by atoms with Gasteiger partial charge >= 0.3 is 0 Å². The van der Waals surface area contributed by atoms with Crippen LogP contribution in [0, 0.1) is 0 Å². The predicted molar refractivity (Wildman–Crippen MR) is 95.9 cm³/mol. The Hall–Kier alpha value is -0.120. The molecule has 0 aromatic carbocycles. The number of nitrogens with zero attached hydrogens (tertiary/aromatic N) is 1. The summed E-state index contributed by atoms with van der Waals surface area (Å²) in [7, 11) is 0. The van der Waals surface area contributed by atoms with Crippen LogP contribution in [0.4, 0.5) is 0 Å². The summed E-state index contributed by atoms with van der Waals surface area (Å²) in [5.41, 5.74) is 5.50. The first-order valence-electron chi connectivity index (χ1n) is 9.48. The molecule has 3 nitrogen and oxygen atoms in total. The van der Waals surface area contributed by atoms with E-state index in [2.05, 4.69) is 24.1 Å². The molecule has 0 saturated carbocycles. The molecule has 0 radical (unpaired) electrons. The van der Waals surface area contributed by atoms with Crippen molar-refractivity contribution in [3.8, 4) is 0 Å². The number of hydrogen-bond acceptors (Lipinski definition) is 3. The molecule has 0 aliphatic rings. The number of nitrogens with two attached hydrogens (primary N) is 1. The summed E-state index contributed by atoms with van der Waals surface area (Å²) in [4.78, 5) is 2.69. The maximum atomic E-state index is 5.50. The number of rotatable bonds is 17. The minimum Gasteiger partial charge on any atom is -0.330 e. The van der Waals surface area contributed by atoms with Crippen LogP contribution in [0.3, 0.4) is 0 Å². The van der Waals surface area contributed by atoms with Crippen molar-refractivity contribution in [2.75, 3.05) is 39.3 Å². The average Bonchev–Trinajstić information content (AvgIpc) is 2.50.